The van der Waals surface area contributed by atoms with E-state index in [9.17, 15) is 4.79 Å². The van der Waals surface area contributed by atoms with Gasteiger partial charge in [-0.3, -0.25) is 4.79 Å². The van der Waals surface area contributed by atoms with Crippen LogP contribution >= 0.6 is 11.6 Å². The molecule has 1 aliphatic heterocycles. The highest BCUT2D eigenvalue weighted by Gasteiger charge is 2.27. The van der Waals surface area contributed by atoms with E-state index in [1.54, 1.807) is 6.07 Å². The van der Waals surface area contributed by atoms with Crippen LogP contribution in [0, 0.1) is 11.3 Å². The van der Waals surface area contributed by atoms with Crippen LogP contribution in [0.25, 0.3) is 0 Å². The number of amides is 1. The number of carbonyl (C=O) groups excluding carboxylic acids is 1. The van der Waals surface area contributed by atoms with Crippen molar-refractivity contribution in [2.75, 3.05) is 17.2 Å². The fraction of sp³-hybridized carbons (Fsp3) is 0.500. The fourth-order valence-electron chi connectivity index (χ4n) is 2.24. The standard InChI is InChI=1S/C14H19ClN2O/c1-14(2,3)7-9-8-16-12-6-10(15)4-5-11(12)17-13(9)18/h4-6,9,16H,7-8H2,1-3H3,(H,17,18). The Morgan fingerprint density at radius 2 is 2.06 bits per heavy atom. The van der Waals surface area contributed by atoms with Crippen molar-refractivity contribution < 1.29 is 4.79 Å². The fourth-order valence-corrected chi connectivity index (χ4v) is 2.41. The molecule has 0 saturated carbocycles. The lowest BCUT2D eigenvalue weighted by Crippen LogP contribution is -2.29. The number of anilines is 2. The second-order valence-electron chi connectivity index (χ2n) is 6.02. The number of fused-ring (bicyclic) bond motifs is 1. The molecule has 0 bridgehead atoms. The normalized spacial score (nSPS) is 19.6. The lowest BCUT2D eigenvalue weighted by atomic mass is 9.84. The van der Waals surface area contributed by atoms with E-state index in [1.165, 1.54) is 0 Å². The molecule has 1 aliphatic rings. The van der Waals surface area contributed by atoms with Gasteiger partial charge in [0.2, 0.25) is 5.91 Å². The summed E-state index contributed by atoms with van der Waals surface area (Å²) in [5, 5.41) is 6.93. The van der Waals surface area contributed by atoms with E-state index in [0.717, 1.165) is 17.8 Å². The number of halogens is 1. The SMILES string of the molecule is CC(C)(C)CC1CNc2cc(Cl)ccc2NC1=O. The molecular formula is C14H19ClN2O. The second kappa shape index (κ2) is 4.81. The molecule has 18 heavy (non-hydrogen) atoms. The summed E-state index contributed by atoms with van der Waals surface area (Å²) in [6.45, 7) is 7.09. The average Bonchev–Trinajstić information content (AvgIpc) is 2.38. The third kappa shape index (κ3) is 3.16. The highest BCUT2D eigenvalue weighted by atomic mass is 35.5. The minimum absolute atomic E-state index is 0.0174. The second-order valence-corrected chi connectivity index (χ2v) is 6.46. The van der Waals surface area contributed by atoms with Crippen LogP contribution in [-0.4, -0.2) is 12.5 Å². The smallest absolute Gasteiger partial charge is 0.229 e. The Balaban J connectivity index is 2.19. The van der Waals surface area contributed by atoms with Gasteiger partial charge in [-0.05, 0) is 30.0 Å². The lowest BCUT2D eigenvalue weighted by Gasteiger charge is -2.23. The van der Waals surface area contributed by atoms with Gasteiger partial charge in [0.05, 0.1) is 17.3 Å². The summed E-state index contributed by atoms with van der Waals surface area (Å²) in [4.78, 5) is 12.2. The third-order valence-electron chi connectivity index (χ3n) is 3.01. The number of hydrogen-bond donors (Lipinski definition) is 2. The number of carbonyl (C=O) groups is 1. The molecule has 0 aromatic heterocycles. The van der Waals surface area contributed by atoms with Crippen molar-refractivity contribution in [1.29, 1.82) is 0 Å². The van der Waals surface area contributed by atoms with Gasteiger partial charge in [-0.2, -0.15) is 0 Å². The topological polar surface area (TPSA) is 41.1 Å². The van der Waals surface area contributed by atoms with Crippen LogP contribution in [0.4, 0.5) is 11.4 Å². The average molecular weight is 267 g/mol. The first kappa shape index (κ1) is 13.2. The molecule has 0 spiro atoms. The number of rotatable bonds is 1. The maximum atomic E-state index is 12.2. The summed E-state index contributed by atoms with van der Waals surface area (Å²) in [5.41, 5.74) is 1.84. The zero-order valence-electron chi connectivity index (χ0n) is 11.0. The molecule has 2 N–H and O–H groups in total. The molecule has 1 heterocycles. The van der Waals surface area contributed by atoms with Gasteiger partial charge in [0.25, 0.3) is 0 Å². The van der Waals surface area contributed by atoms with Gasteiger partial charge in [0.1, 0.15) is 0 Å². The molecule has 0 saturated heterocycles. The maximum Gasteiger partial charge on any atom is 0.229 e. The van der Waals surface area contributed by atoms with Crippen molar-refractivity contribution in [2.24, 2.45) is 11.3 Å². The lowest BCUT2D eigenvalue weighted by molar-refractivity contribution is -0.120. The van der Waals surface area contributed by atoms with Crippen LogP contribution in [0.1, 0.15) is 27.2 Å². The predicted octanol–water partition coefficient (Wildman–Crippen LogP) is 3.76. The summed E-state index contributed by atoms with van der Waals surface area (Å²) < 4.78 is 0. The first-order valence-electron chi connectivity index (χ1n) is 6.19. The summed E-state index contributed by atoms with van der Waals surface area (Å²) in [7, 11) is 0. The highest BCUT2D eigenvalue weighted by Crippen LogP contribution is 2.32. The minimum atomic E-state index is -0.0174. The predicted molar refractivity (Wildman–Crippen MR) is 76.1 cm³/mol. The monoisotopic (exact) mass is 266 g/mol. The molecule has 0 radical (unpaired) electrons. The molecule has 1 unspecified atom stereocenters. The van der Waals surface area contributed by atoms with Crippen LogP contribution in [0.5, 0.6) is 0 Å². The van der Waals surface area contributed by atoms with E-state index < -0.39 is 0 Å². The molecule has 1 aromatic rings. The highest BCUT2D eigenvalue weighted by molar-refractivity contribution is 6.31. The van der Waals surface area contributed by atoms with Crippen molar-refractivity contribution in [3.05, 3.63) is 23.2 Å². The first-order valence-corrected chi connectivity index (χ1v) is 6.57. The van der Waals surface area contributed by atoms with Crippen LogP contribution in [0.15, 0.2) is 18.2 Å². The largest absolute Gasteiger partial charge is 0.383 e. The Labute approximate surface area is 113 Å². The number of benzene rings is 1. The minimum Gasteiger partial charge on any atom is -0.383 e. The van der Waals surface area contributed by atoms with E-state index in [2.05, 4.69) is 31.4 Å². The summed E-state index contributed by atoms with van der Waals surface area (Å²) in [5.74, 6) is 0.0645. The van der Waals surface area contributed by atoms with Crippen LogP contribution in [0.3, 0.4) is 0 Å². The summed E-state index contributed by atoms with van der Waals surface area (Å²) in [6.07, 6.45) is 0.855. The Morgan fingerprint density at radius 3 is 2.72 bits per heavy atom. The molecule has 2 rings (SSSR count). The Morgan fingerprint density at radius 1 is 1.33 bits per heavy atom. The van der Waals surface area contributed by atoms with Gasteiger partial charge in [0.15, 0.2) is 0 Å². The maximum absolute atomic E-state index is 12.2. The van der Waals surface area contributed by atoms with Crippen molar-refractivity contribution in [1.82, 2.24) is 0 Å². The summed E-state index contributed by atoms with van der Waals surface area (Å²) in [6, 6.07) is 5.46. The van der Waals surface area contributed by atoms with Gasteiger partial charge in [-0.1, -0.05) is 32.4 Å². The van der Waals surface area contributed by atoms with Gasteiger partial charge in [-0.25, -0.2) is 0 Å². The molecule has 4 heteroatoms. The zero-order chi connectivity index (χ0) is 13.3. The van der Waals surface area contributed by atoms with E-state index in [-0.39, 0.29) is 17.2 Å². The number of hydrogen-bond acceptors (Lipinski definition) is 2. The third-order valence-corrected chi connectivity index (χ3v) is 3.24. The van der Waals surface area contributed by atoms with Gasteiger partial charge in [-0.15, -0.1) is 0 Å². The van der Waals surface area contributed by atoms with Crippen LogP contribution in [0.2, 0.25) is 5.02 Å². The van der Waals surface area contributed by atoms with Crippen molar-refractivity contribution >= 4 is 28.9 Å². The molecule has 1 amide bonds. The molecular weight excluding hydrogens is 248 g/mol. The van der Waals surface area contributed by atoms with Crippen LogP contribution in [-0.2, 0) is 4.79 Å². The molecule has 1 aromatic carbocycles. The Bertz CT molecular complexity index is 465. The quantitative estimate of drug-likeness (QED) is 0.813. The molecule has 0 fully saturated rings. The van der Waals surface area contributed by atoms with E-state index in [1.807, 2.05) is 12.1 Å². The van der Waals surface area contributed by atoms with Crippen molar-refractivity contribution in [3.8, 4) is 0 Å². The Kier molecular flexibility index (Phi) is 3.53. The van der Waals surface area contributed by atoms with Crippen molar-refractivity contribution in [3.63, 3.8) is 0 Å². The van der Waals surface area contributed by atoms with E-state index in [4.69, 9.17) is 11.6 Å². The molecule has 1 atom stereocenters. The Hall–Kier alpha value is -1.22. The molecule has 98 valence electrons. The van der Waals surface area contributed by atoms with Gasteiger partial charge >= 0.3 is 0 Å². The zero-order valence-corrected chi connectivity index (χ0v) is 11.8. The van der Waals surface area contributed by atoms with E-state index >= 15 is 0 Å². The first-order chi connectivity index (χ1) is 8.35. The molecule has 3 nitrogen and oxygen atoms in total. The van der Waals surface area contributed by atoms with Crippen LogP contribution < -0.4 is 10.6 Å². The number of nitrogens with one attached hydrogen (secondary N) is 2. The van der Waals surface area contributed by atoms with Gasteiger partial charge < -0.3 is 10.6 Å². The van der Waals surface area contributed by atoms with E-state index in [0.29, 0.717) is 11.6 Å². The van der Waals surface area contributed by atoms with Crippen molar-refractivity contribution in [2.45, 2.75) is 27.2 Å². The van der Waals surface area contributed by atoms with Gasteiger partial charge in [0, 0.05) is 11.6 Å². The summed E-state index contributed by atoms with van der Waals surface area (Å²) >= 11 is 5.96. The molecule has 0 aliphatic carbocycles.